The minimum atomic E-state index is 0.0708. The zero-order chi connectivity index (χ0) is 25.8. The molecule has 4 nitrogen and oxygen atoms in total. The first-order valence-electron chi connectivity index (χ1n) is 15.3. The Labute approximate surface area is 224 Å². The van der Waals surface area contributed by atoms with E-state index in [2.05, 4.69) is 56.1 Å². The quantitative estimate of drug-likeness (QED) is 0.473. The Balaban J connectivity index is 1.24. The molecule has 0 spiro atoms. The topological polar surface area (TPSA) is 41.6 Å². The second kappa shape index (κ2) is 9.83. The van der Waals surface area contributed by atoms with E-state index < -0.39 is 0 Å². The van der Waals surface area contributed by atoms with Crippen LogP contribution in [0.1, 0.15) is 115 Å². The SMILES string of the molecule is CC(C)c1ccc2c(c1)CC[C@@H]1[C@](C)(CN[C@@H]3C4=C(CCCC4)C(=O)N3C[C@@H]3CCCO3)CCC[C@]21C. The minimum absolute atomic E-state index is 0.0708. The van der Waals surface area contributed by atoms with Crippen molar-refractivity contribution in [3.05, 3.63) is 46.0 Å². The van der Waals surface area contributed by atoms with Gasteiger partial charge in [-0.2, -0.15) is 0 Å². The lowest BCUT2D eigenvalue weighted by Crippen LogP contribution is -2.56. The van der Waals surface area contributed by atoms with E-state index in [1.807, 2.05) is 0 Å². The molecule has 1 saturated heterocycles. The second-order valence-corrected chi connectivity index (χ2v) is 13.7. The predicted molar refractivity (Wildman–Crippen MR) is 150 cm³/mol. The van der Waals surface area contributed by atoms with Crippen LogP contribution < -0.4 is 5.32 Å². The number of nitrogens with zero attached hydrogens (tertiary/aromatic N) is 1. The van der Waals surface area contributed by atoms with Crippen molar-refractivity contribution in [2.45, 2.75) is 122 Å². The van der Waals surface area contributed by atoms with Crippen molar-refractivity contribution in [1.82, 2.24) is 10.2 Å². The maximum Gasteiger partial charge on any atom is 0.251 e. The third kappa shape index (κ3) is 4.40. The monoisotopic (exact) mass is 504 g/mol. The van der Waals surface area contributed by atoms with Crippen LogP contribution in [0.25, 0.3) is 0 Å². The summed E-state index contributed by atoms with van der Waals surface area (Å²) in [4.78, 5) is 15.7. The highest BCUT2D eigenvalue weighted by atomic mass is 16.5. The molecule has 5 aliphatic rings. The van der Waals surface area contributed by atoms with Crippen LogP contribution in [0.3, 0.4) is 0 Å². The van der Waals surface area contributed by atoms with Crippen LogP contribution in [-0.2, 0) is 21.4 Å². The molecule has 0 unspecified atom stereocenters. The third-order valence-electron chi connectivity index (χ3n) is 11.0. The number of aryl methyl sites for hydroxylation is 1. The number of amides is 1. The van der Waals surface area contributed by atoms with E-state index in [-0.39, 0.29) is 29.0 Å². The molecule has 3 aliphatic carbocycles. The highest BCUT2D eigenvalue weighted by molar-refractivity contribution is 5.97. The Morgan fingerprint density at radius 3 is 2.68 bits per heavy atom. The largest absolute Gasteiger partial charge is 0.376 e. The average Bonchev–Trinajstić information content (AvgIpc) is 3.49. The molecule has 1 amide bonds. The van der Waals surface area contributed by atoms with Crippen molar-refractivity contribution in [2.75, 3.05) is 19.7 Å². The van der Waals surface area contributed by atoms with Crippen molar-refractivity contribution in [2.24, 2.45) is 11.3 Å². The minimum Gasteiger partial charge on any atom is -0.376 e. The second-order valence-electron chi connectivity index (χ2n) is 13.7. The highest BCUT2D eigenvalue weighted by Crippen LogP contribution is 2.57. The van der Waals surface area contributed by atoms with Gasteiger partial charge < -0.3 is 9.64 Å². The van der Waals surface area contributed by atoms with Crippen molar-refractivity contribution in [1.29, 1.82) is 0 Å². The molecule has 2 heterocycles. The maximum absolute atomic E-state index is 13.5. The fraction of sp³-hybridized carbons (Fsp3) is 0.727. The van der Waals surface area contributed by atoms with E-state index in [0.29, 0.717) is 11.8 Å². The molecule has 1 aromatic carbocycles. The molecule has 5 atom stereocenters. The van der Waals surface area contributed by atoms with E-state index in [1.165, 1.54) is 49.7 Å². The standard InChI is InChI=1S/C33H48N2O2/c1-22(2)23-12-14-28-24(19-23)13-15-29-32(3,16-8-17-33(28,29)4)21-34-30-26-10-5-6-11-27(26)31(36)35(30)20-25-9-7-18-37-25/h12,14,19,22,25,29-30,34H,5-11,13,15-18,20-21H2,1-4H3/t25-,29+,30-,32-,33+/m0/s1. The van der Waals surface area contributed by atoms with Gasteiger partial charge in [0.15, 0.2) is 0 Å². The van der Waals surface area contributed by atoms with Crippen LogP contribution in [-0.4, -0.2) is 42.8 Å². The number of hydrogen-bond acceptors (Lipinski definition) is 3. The van der Waals surface area contributed by atoms with Gasteiger partial charge in [-0.3, -0.25) is 10.1 Å². The van der Waals surface area contributed by atoms with E-state index >= 15 is 0 Å². The predicted octanol–water partition coefficient (Wildman–Crippen LogP) is 6.63. The number of benzene rings is 1. The van der Waals surface area contributed by atoms with Gasteiger partial charge in [-0.15, -0.1) is 0 Å². The summed E-state index contributed by atoms with van der Waals surface area (Å²) in [6.45, 7) is 12.3. The number of nitrogens with one attached hydrogen (secondary N) is 1. The number of rotatable bonds is 6. The molecule has 4 heteroatoms. The van der Waals surface area contributed by atoms with Crippen molar-refractivity contribution < 1.29 is 9.53 Å². The molecule has 202 valence electrons. The normalized spacial score (nSPS) is 35.6. The first kappa shape index (κ1) is 25.6. The molecule has 1 aromatic rings. The van der Waals surface area contributed by atoms with Gasteiger partial charge >= 0.3 is 0 Å². The van der Waals surface area contributed by atoms with E-state index in [9.17, 15) is 4.79 Å². The summed E-state index contributed by atoms with van der Waals surface area (Å²) in [7, 11) is 0. The fourth-order valence-electron chi connectivity index (χ4n) is 8.93. The van der Waals surface area contributed by atoms with Gasteiger partial charge in [-0.1, -0.05) is 52.3 Å². The Morgan fingerprint density at radius 2 is 1.89 bits per heavy atom. The average molecular weight is 505 g/mol. The van der Waals surface area contributed by atoms with Crippen LogP contribution in [0.5, 0.6) is 0 Å². The molecule has 0 bridgehead atoms. The molecule has 6 rings (SSSR count). The number of carbonyl (C=O) groups excluding carboxylic acids is 1. The van der Waals surface area contributed by atoms with E-state index in [0.717, 1.165) is 57.4 Å². The van der Waals surface area contributed by atoms with Crippen molar-refractivity contribution in [3.63, 3.8) is 0 Å². The summed E-state index contributed by atoms with van der Waals surface area (Å²) >= 11 is 0. The highest BCUT2D eigenvalue weighted by Gasteiger charge is 2.52. The number of ether oxygens (including phenoxy) is 1. The number of fused-ring (bicyclic) bond motifs is 3. The Bertz CT molecular complexity index is 1070. The van der Waals surface area contributed by atoms with Crippen molar-refractivity contribution >= 4 is 5.91 Å². The lowest BCUT2D eigenvalue weighted by atomic mass is 9.49. The molecule has 0 aromatic heterocycles. The summed E-state index contributed by atoms with van der Waals surface area (Å²) in [6, 6.07) is 7.38. The van der Waals surface area contributed by atoms with Crippen molar-refractivity contribution in [3.8, 4) is 0 Å². The number of hydrogen-bond donors (Lipinski definition) is 1. The van der Waals surface area contributed by atoms with Crippen LogP contribution in [0, 0.1) is 11.3 Å². The lowest BCUT2D eigenvalue weighted by molar-refractivity contribution is -0.129. The molecule has 2 aliphatic heterocycles. The smallest absolute Gasteiger partial charge is 0.251 e. The van der Waals surface area contributed by atoms with Gasteiger partial charge in [0.25, 0.3) is 5.91 Å². The van der Waals surface area contributed by atoms with Crippen LogP contribution in [0.2, 0.25) is 0 Å². The molecule has 0 radical (unpaired) electrons. The summed E-state index contributed by atoms with van der Waals surface area (Å²) < 4.78 is 5.98. The number of carbonyl (C=O) groups is 1. The maximum atomic E-state index is 13.5. The molecule has 1 saturated carbocycles. The van der Waals surface area contributed by atoms with Crippen LogP contribution in [0.4, 0.5) is 0 Å². The molecular formula is C33H48N2O2. The Morgan fingerprint density at radius 1 is 1.05 bits per heavy atom. The lowest BCUT2D eigenvalue weighted by Gasteiger charge is -2.56. The molecule has 1 N–H and O–H groups in total. The zero-order valence-corrected chi connectivity index (χ0v) is 23.7. The van der Waals surface area contributed by atoms with Gasteiger partial charge in [0.1, 0.15) is 6.17 Å². The van der Waals surface area contributed by atoms with Crippen LogP contribution in [0.15, 0.2) is 29.3 Å². The van der Waals surface area contributed by atoms with Gasteiger partial charge in [0, 0.05) is 25.3 Å². The summed E-state index contributed by atoms with van der Waals surface area (Å²) in [5.74, 6) is 1.54. The first-order chi connectivity index (χ1) is 17.8. The Hall–Kier alpha value is -1.65. The van der Waals surface area contributed by atoms with Gasteiger partial charge in [0.05, 0.1) is 6.10 Å². The summed E-state index contributed by atoms with van der Waals surface area (Å²) in [5.41, 5.74) is 7.69. The first-order valence-corrected chi connectivity index (χ1v) is 15.3. The summed E-state index contributed by atoms with van der Waals surface area (Å²) in [5, 5.41) is 4.04. The van der Waals surface area contributed by atoms with E-state index in [4.69, 9.17) is 4.74 Å². The van der Waals surface area contributed by atoms with Gasteiger partial charge in [-0.25, -0.2) is 0 Å². The molecule has 37 heavy (non-hydrogen) atoms. The van der Waals surface area contributed by atoms with Gasteiger partial charge in [0.2, 0.25) is 0 Å². The third-order valence-corrected chi connectivity index (χ3v) is 11.0. The fourth-order valence-corrected chi connectivity index (χ4v) is 8.93. The zero-order valence-electron chi connectivity index (χ0n) is 23.7. The van der Waals surface area contributed by atoms with Crippen LogP contribution >= 0.6 is 0 Å². The van der Waals surface area contributed by atoms with E-state index in [1.54, 1.807) is 11.1 Å². The molecular weight excluding hydrogens is 456 g/mol. The van der Waals surface area contributed by atoms with Gasteiger partial charge in [-0.05, 0) is 109 Å². The summed E-state index contributed by atoms with van der Waals surface area (Å²) in [6.07, 6.45) is 13.2. The Kier molecular flexibility index (Phi) is 6.80. The molecule has 2 fully saturated rings.